The first kappa shape index (κ1) is 14.7. The van der Waals surface area contributed by atoms with Crippen LogP contribution in [0.15, 0.2) is 42.7 Å². The molecule has 0 bridgehead atoms. The molecule has 3 aromatic rings. The van der Waals surface area contributed by atoms with E-state index in [0.717, 1.165) is 16.6 Å². The van der Waals surface area contributed by atoms with Crippen molar-refractivity contribution in [2.45, 2.75) is 12.5 Å². The van der Waals surface area contributed by atoms with Crippen molar-refractivity contribution in [1.82, 2.24) is 14.5 Å². The molecule has 5 nitrogen and oxygen atoms in total. The van der Waals surface area contributed by atoms with Crippen molar-refractivity contribution in [2.75, 3.05) is 11.5 Å². The Labute approximate surface area is 138 Å². The maximum Gasteiger partial charge on any atom is 0.158 e. The van der Waals surface area contributed by atoms with E-state index >= 15 is 0 Å². The van der Waals surface area contributed by atoms with Gasteiger partial charge in [0.05, 0.1) is 23.1 Å². The molecule has 3 heterocycles. The molecule has 0 amide bonds. The molecule has 1 fully saturated rings. The Hall–Kier alpha value is -1.92. The van der Waals surface area contributed by atoms with Crippen molar-refractivity contribution in [3.63, 3.8) is 0 Å². The molecule has 0 saturated carbocycles. The minimum atomic E-state index is -2.94. The largest absolute Gasteiger partial charge is 0.326 e. The van der Waals surface area contributed by atoms with E-state index in [1.807, 2.05) is 35.0 Å². The van der Waals surface area contributed by atoms with Crippen molar-refractivity contribution in [1.29, 1.82) is 0 Å². The molecule has 0 spiro atoms. The minimum absolute atomic E-state index is 0.0692. The van der Waals surface area contributed by atoms with Crippen LogP contribution >= 0.6 is 11.6 Å². The van der Waals surface area contributed by atoms with Crippen LogP contribution in [-0.4, -0.2) is 34.5 Å². The topological polar surface area (TPSA) is 64.8 Å². The number of aromatic nitrogens is 3. The maximum atomic E-state index is 11.7. The van der Waals surface area contributed by atoms with Gasteiger partial charge in [-0.2, -0.15) is 0 Å². The molecule has 23 heavy (non-hydrogen) atoms. The fraction of sp³-hybridized carbons (Fsp3) is 0.250. The van der Waals surface area contributed by atoms with E-state index in [4.69, 9.17) is 11.6 Å². The summed E-state index contributed by atoms with van der Waals surface area (Å²) in [6.07, 6.45) is 4.14. The van der Waals surface area contributed by atoms with Gasteiger partial charge in [0.25, 0.3) is 0 Å². The van der Waals surface area contributed by atoms with Gasteiger partial charge in [-0.25, -0.2) is 18.4 Å². The number of fused-ring (bicyclic) bond motifs is 1. The highest BCUT2D eigenvalue weighted by Crippen LogP contribution is 2.29. The number of benzene rings is 1. The Kier molecular flexibility index (Phi) is 3.39. The van der Waals surface area contributed by atoms with Crippen LogP contribution in [0.5, 0.6) is 0 Å². The van der Waals surface area contributed by atoms with Gasteiger partial charge >= 0.3 is 0 Å². The molecular formula is C16H14ClN3O2S. The fourth-order valence-electron chi connectivity index (χ4n) is 3.02. The Bertz CT molecular complexity index is 997. The summed E-state index contributed by atoms with van der Waals surface area (Å²) < 4.78 is 25.4. The lowest BCUT2D eigenvalue weighted by Crippen LogP contribution is -2.11. The van der Waals surface area contributed by atoms with E-state index in [2.05, 4.69) is 9.97 Å². The molecule has 118 valence electrons. The minimum Gasteiger partial charge on any atom is -0.326 e. The molecule has 1 unspecified atom stereocenters. The van der Waals surface area contributed by atoms with Gasteiger partial charge in [-0.1, -0.05) is 17.7 Å². The van der Waals surface area contributed by atoms with Crippen molar-refractivity contribution < 1.29 is 8.42 Å². The SMILES string of the molecule is O=S1(=O)CCC(n2ccnc2-c2ccc3cc(Cl)ccc3n2)C1. The Morgan fingerprint density at radius 3 is 2.87 bits per heavy atom. The highest BCUT2D eigenvalue weighted by atomic mass is 35.5. The molecule has 2 aromatic heterocycles. The monoisotopic (exact) mass is 347 g/mol. The lowest BCUT2D eigenvalue weighted by atomic mass is 10.2. The third-order valence-electron chi connectivity index (χ3n) is 4.15. The van der Waals surface area contributed by atoms with Crippen LogP contribution in [0.1, 0.15) is 12.5 Å². The van der Waals surface area contributed by atoms with E-state index in [0.29, 0.717) is 17.3 Å². The third-order valence-corrected chi connectivity index (χ3v) is 6.14. The fourth-order valence-corrected chi connectivity index (χ4v) is 4.91. The Morgan fingerprint density at radius 1 is 1.22 bits per heavy atom. The lowest BCUT2D eigenvalue weighted by molar-refractivity contribution is 0.559. The molecule has 1 saturated heterocycles. The summed E-state index contributed by atoms with van der Waals surface area (Å²) >= 11 is 5.99. The molecule has 0 aliphatic carbocycles. The zero-order valence-corrected chi connectivity index (χ0v) is 13.8. The first-order chi connectivity index (χ1) is 11.0. The molecule has 1 aliphatic rings. The maximum absolute atomic E-state index is 11.7. The van der Waals surface area contributed by atoms with Crippen molar-refractivity contribution >= 4 is 32.3 Å². The molecule has 1 aromatic carbocycles. The number of rotatable bonds is 2. The Balaban J connectivity index is 1.77. The van der Waals surface area contributed by atoms with Crippen LogP contribution in [0, 0.1) is 0 Å². The van der Waals surface area contributed by atoms with Gasteiger partial charge in [0.2, 0.25) is 0 Å². The van der Waals surface area contributed by atoms with Gasteiger partial charge in [0, 0.05) is 22.8 Å². The number of hydrogen-bond donors (Lipinski definition) is 0. The summed E-state index contributed by atoms with van der Waals surface area (Å²) in [5.74, 6) is 1.10. The first-order valence-corrected chi connectivity index (χ1v) is 9.52. The van der Waals surface area contributed by atoms with Gasteiger partial charge < -0.3 is 4.57 Å². The molecular weight excluding hydrogens is 334 g/mol. The summed E-state index contributed by atoms with van der Waals surface area (Å²) in [7, 11) is -2.94. The zero-order valence-electron chi connectivity index (χ0n) is 12.2. The molecule has 0 radical (unpaired) electrons. The molecule has 7 heteroatoms. The van der Waals surface area contributed by atoms with Crippen molar-refractivity contribution in [2.24, 2.45) is 0 Å². The zero-order chi connectivity index (χ0) is 16.0. The van der Waals surface area contributed by atoms with E-state index in [9.17, 15) is 8.42 Å². The highest BCUT2D eigenvalue weighted by molar-refractivity contribution is 7.91. The number of imidazole rings is 1. The van der Waals surface area contributed by atoms with E-state index < -0.39 is 9.84 Å². The molecule has 1 aliphatic heterocycles. The third kappa shape index (κ3) is 2.72. The van der Waals surface area contributed by atoms with Gasteiger partial charge in [0.1, 0.15) is 5.69 Å². The number of halogens is 1. The standard InChI is InChI=1S/C16H14ClN3O2S/c17-12-2-4-14-11(9-12)1-3-15(19-14)16-18-6-7-20(16)13-5-8-23(21,22)10-13/h1-4,6-7,9,13H,5,8,10H2. The quantitative estimate of drug-likeness (QED) is 0.714. The normalized spacial score (nSPS) is 20.1. The molecule has 4 rings (SSSR count). The summed E-state index contributed by atoms with van der Waals surface area (Å²) in [6, 6.07) is 9.31. The predicted octanol–water partition coefficient (Wildman–Crippen LogP) is 3.11. The van der Waals surface area contributed by atoms with Crippen LogP contribution < -0.4 is 0 Å². The van der Waals surface area contributed by atoms with Crippen LogP contribution in [-0.2, 0) is 9.84 Å². The van der Waals surface area contributed by atoms with E-state index in [1.165, 1.54) is 0 Å². The van der Waals surface area contributed by atoms with Crippen LogP contribution in [0.25, 0.3) is 22.4 Å². The smallest absolute Gasteiger partial charge is 0.158 e. The first-order valence-electron chi connectivity index (χ1n) is 7.32. The Morgan fingerprint density at radius 2 is 2.09 bits per heavy atom. The second-order valence-corrected chi connectivity index (χ2v) is 8.41. The van der Waals surface area contributed by atoms with Gasteiger partial charge in [-0.05, 0) is 30.7 Å². The van der Waals surface area contributed by atoms with Gasteiger partial charge in [0.15, 0.2) is 15.7 Å². The number of sulfone groups is 1. The predicted molar refractivity (Wildman–Crippen MR) is 90.3 cm³/mol. The number of nitrogens with zero attached hydrogens (tertiary/aromatic N) is 3. The average molecular weight is 348 g/mol. The highest BCUT2D eigenvalue weighted by Gasteiger charge is 2.30. The van der Waals surface area contributed by atoms with Crippen molar-refractivity contribution in [3.05, 3.63) is 47.7 Å². The van der Waals surface area contributed by atoms with E-state index in [1.54, 1.807) is 12.3 Å². The molecule has 0 N–H and O–H groups in total. The van der Waals surface area contributed by atoms with Gasteiger partial charge in [-0.15, -0.1) is 0 Å². The summed E-state index contributed by atoms with van der Waals surface area (Å²) in [5, 5.41) is 1.63. The van der Waals surface area contributed by atoms with Crippen molar-refractivity contribution in [3.8, 4) is 11.5 Å². The number of hydrogen-bond acceptors (Lipinski definition) is 4. The van der Waals surface area contributed by atoms with Gasteiger partial charge in [-0.3, -0.25) is 0 Å². The summed E-state index contributed by atoms with van der Waals surface area (Å²) in [6.45, 7) is 0. The van der Waals surface area contributed by atoms with Crippen LogP contribution in [0.3, 0.4) is 0 Å². The van der Waals surface area contributed by atoms with Crippen LogP contribution in [0.2, 0.25) is 5.02 Å². The lowest BCUT2D eigenvalue weighted by Gasteiger charge is -2.13. The van der Waals surface area contributed by atoms with Crippen LogP contribution in [0.4, 0.5) is 0 Å². The van der Waals surface area contributed by atoms with E-state index in [-0.39, 0.29) is 17.5 Å². The molecule has 1 atom stereocenters. The second kappa shape index (κ2) is 5.32. The average Bonchev–Trinajstić information content (AvgIpc) is 3.12. The second-order valence-electron chi connectivity index (χ2n) is 5.75. The summed E-state index contributed by atoms with van der Waals surface area (Å²) in [4.78, 5) is 9.02. The number of pyridine rings is 1. The summed E-state index contributed by atoms with van der Waals surface area (Å²) in [5.41, 5.74) is 1.56.